The van der Waals surface area contributed by atoms with Gasteiger partial charge in [-0.1, -0.05) is 6.07 Å². The molecule has 2 aliphatic rings. The van der Waals surface area contributed by atoms with E-state index in [2.05, 4.69) is 5.32 Å². The van der Waals surface area contributed by atoms with Crippen LogP contribution in [0.1, 0.15) is 46.2 Å². The Morgan fingerprint density at radius 1 is 1.28 bits per heavy atom. The molecule has 1 aliphatic heterocycles. The standard InChI is InChI=1S/C20H19F2N3O4/c1-2-25-19(29)15-17(27)16(26)13(9-24(15)10-20(25)5-6-20)18(28)23-8-11-3-4-12(21)7-14(11)22/h3-4,7,9,27H,2,5-6,8,10H2,1H3,(H,23,28). The number of benzene rings is 1. The third kappa shape index (κ3) is 3.06. The molecule has 1 fully saturated rings. The molecule has 2 heterocycles. The van der Waals surface area contributed by atoms with Crippen LogP contribution in [-0.2, 0) is 13.1 Å². The average Bonchev–Trinajstić information content (AvgIpc) is 3.43. The van der Waals surface area contributed by atoms with Gasteiger partial charge in [0.2, 0.25) is 5.43 Å². The largest absolute Gasteiger partial charge is 0.503 e. The van der Waals surface area contributed by atoms with Gasteiger partial charge in [0, 0.05) is 37.5 Å². The molecule has 1 aliphatic carbocycles. The summed E-state index contributed by atoms with van der Waals surface area (Å²) in [7, 11) is 0. The third-order valence-electron chi connectivity index (χ3n) is 5.58. The first-order chi connectivity index (χ1) is 13.8. The van der Waals surface area contributed by atoms with Gasteiger partial charge in [-0.3, -0.25) is 14.4 Å². The van der Waals surface area contributed by atoms with Gasteiger partial charge in [-0.05, 0) is 25.8 Å². The molecule has 1 aromatic carbocycles. The Morgan fingerprint density at radius 2 is 2.00 bits per heavy atom. The van der Waals surface area contributed by atoms with E-state index in [0.29, 0.717) is 19.2 Å². The summed E-state index contributed by atoms with van der Waals surface area (Å²) >= 11 is 0. The quantitative estimate of drug-likeness (QED) is 0.814. The van der Waals surface area contributed by atoms with Gasteiger partial charge in [0.15, 0.2) is 11.4 Å². The Kier molecular flexibility index (Phi) is 4.40. The highest BCUT2D eigenvalue weighted by Gasteiger charge is 2.53. The van der Waals surface area contributed by atoms with Gasteiger partial charge in [0.05, 0.1) is 5.54 Å². The molecular weight excluding hydrogens is 384 g/mol. The van der Waals surface area contributed by atoms with Crippen LogP contribution in [-0.4, -0.2) is 38.5 Å². The SMILES string of the molecule is CCN1C(=O)c2c(O)c(=O)c(C(=O)NCc3ccc(F)cc3F)cn2CC12CC2. The highest BCUT2D eigenvalue weighted by atomic mass is 19.1. The Balaban J connectivity index is 1.64. The lowest BCUT2D eigenvalue weighted by Crippen LogP contribution is -2.51. The van der Waals surface area contributed by atoms with Crippen molar-refractivity contribution in [3.8, 4) is 5.75 Å². The molecular formula is C20H19F2N3O4. The fraction of sp³-hybridized carbons (Fsp3) is 0.350. The molecule has 29 heavy (non-hydrogen) atoms. The fourth-order valence-corrected chi connectivity index (χ4v) is 3.89. The van der Waals surface area contributed by atoms with Gasteiger partial charge in [0.1, 0.15) is 17.2 Å². The number of nitrogens with one attached hydrogen (secondary N) is 1. The number of hydrogen-bond acceptors (Lipinski definition) is 4. The highest BCUT2D eigenvalue weighted by Crippen LogP contribution is 2.46. The molecule has 0 bridgehead atoms. The predicted molar refractivity (Wildman–Crippen MR) is 98.6 cm³/mol. The average molecular weight is 403 g/mol. The molecule has 1 aromatic heterocycles. The van der Waals surface area contributed by atoms with E-state index in [-0.39, 0.29) is 28.9 Å². The minimum Gasteiger partial charge on any atom is -0.503 e. The summed E-state index contributed by atoms with van der Waals surface area (Å²) in [6, 6.07) is 2.95. The second-order valence-electron chi connectivity index (χ2n) is 7.39. The van der Waals surface area contributed by atoms with E-state index >= 15 is 0 Å². The van der Waals surface area contributed by atoms with Crippen molar-refractivity contribution in [3.05, 3.63) is 63.1 Å². The number of carbonyl (C=O) groups excluding carboxylic acids is 2. The number of likely N-dealkylation sites (N-methyl/N-ethyl adjacent to an activating group) is 1. The van der Waals surface area contributed by atoms with E-state index in [9.17, 15) is 28.3 Å². The lowest BCUT2D eigenvalue weighted by atomic mass is 10.1. The maximum absolute atomic E-state index is 13.7. The molecule has 0 radical (unpaired) electrons. The lowest BCUT2D eigenvalue weighted by molar-refractivity contribution is 0.0557. The number of nitrogens with zero attached hydrogens (tertiary/aromatic N) is 2. The highest BCUT2D eigenvalue weighted by molar-refractivity contribution is 5.99. The van der Waals surface area contributed by atoms with Gasteiger partial charge >= 0.3 is 0 Å². The summed E-state index contributed by atoms with van der Waals surface area (Å²) in [5.41, 5.74) is -1.74. The molecule has 1 spiro atoms. The van der Waals surface area contributed by atoms with Gasteiger partial charge in [-0.15, -0.1) is 0 Å². The summed E-state index contributed by atoms with van der Waals surface area (Å²) in [6.07, 6.45) is 2.88. The number of fused-ring (bicyclic) bond motifs is 1. The predicted octanol–water partition coefficient (Wildman–Crippen LogP) is 1.77. The molecule has 9 heteroatoms. The summed E-state index contributed by atoms with van der Waals surface area (Å²) in [6.45, 7) is 2.40. The first-order valence-electron chi connectivity index (χ1n) is 9.28. The second kappa shape index (κ2) is 6.68. The van der Waals surface area contributed by atoms with Crippen molar-refractivity contribution in [2.24, 2.45) is 0 Å². The zero-order valence-corrected chi connectivity index (χ0v) is 15.7. The van der Waals surface area contributed by atoms with Crippen LogP contribution in [0.2, 0.25) is 0 Å². The van der Waals surface area contributed by atoms with Gasteiger partial charge in [-0.25, -0.2) is 8.78 Å². The molecule has 152 valence electrons. The van der Waals surface area contributed by atoms with Crippen molar-refractivity contribution in [3.63, 3.8) is 0 Å². The Labute approximate surface area is 164 Å². The van der Waals surface area contributed by atoms with Crippen LogP contribution in [0.5, 0.6) is 5.75 Å². The van der Waals surface area contributed by atoms with Crippen LogP contribution in [0.25, 0.3) is 0 Å². The number of rotatable bonds is 4. The summed E-state index contributed by atoms with van der Waals surface area (Å²) < 4.78 is 28.2. The summed E-state index contributed by atoms with van der Waals surface area (Å²) in [4.78, 5) is 39.4. The molecule has 4 rings (SSSR count). The van der Waals surface area contributed by atoms with Gasteiger partial charge < -0.3 is 19.9 Å². The molecule has 7 nitrogen and oxygen atoms in total. The molecule has 2 amide bonds. The van der Waals surface area contributed by atoms with E-state index < -0.39 is 34.6 Å². The van der Waals surface area contributed by atoms with Crippen molar-refractivity contribution >= 4 is 11.8 Å². The zero-order chi connectivity index (χ0) is 20.9. The second-order valence-corrected chi connectivity index (χ2v) is 7.39. The lowest BCUT2D eigenvalue weighted by Gasteiger charge is -2.37. The normalized spacial score (nSPS) is 16.7. The van der Waals surface area contributed by atoms with Crippen molar-refractivity contribution in [2.45, 2.75) is 38.4 Å². The van der Waals surface area contributed by atoms with Crippen molar-refractivity contribution in [1.29, 1.82) is 0 Å². The molecule has 0 atom stereocenters. The minimum absolute atomic E-state index is 0.0488. The van der Waals surface area contributed by atoms with E-state index in [0.717, 1.165) is 18.9 Å². The summed E-state index contributed by atoms with van der Waals surface area (Å²) in [5.74, 6) is -3.60. The van der Waals surface area contributed by atoms with Crippen molar-refractivity contribution < 1.29 is 23.5 Å². The summed E-state index contributed by atoms with van der Waals surface area (Å²) in [5, 5.41) is 12.7. The number of aromatic hydroxyl groups is 1. The van der Waals surface area contributed by atoms with E-state index in [1.165, 1.54) is 16.8 Å². The van der Waals surface area contributed by atoms with Crippen molar-refractivity contribution in [1.82, 2.24) is 14.8 Å². The molecule has 0 saturated heterocycles. The van der Waals surface area contributed by atoms with Crippen LogP contribution in [0, 0.1) is 11.6 Å². The Bertz CT molecular complexity index is 1090. The van der Waals surface area contributed by atoms with Gasteiger partial charge in [0.25, 0.3) is 11.8 Å². The Hall–Kier alpha value is -3.23. The fourth-order valence-electron chi connectivity index (χ4n) is 3.89. The zero-order valence-electron chi connectivity index (χ0n) is 15.7. The maximum Gasteiger partial charge on any atom is 0.275 e. The maximum atomic E-state index is 13.7. The monoisotopic (exact) mass is 403 g/mol. The van der Waals surface area contributed by atoms with Crippen molar-refractivity contribution in [2.75, 3.05) is 6.54 Å². The molecule has 2 N–H and O–H groups in total. The smallest absolute Gasteiger partial charge is 0.275 e. The first-order valence-corrected chi connectivity index (χ1v) is 9.28. The van der Waals surface area contributed by atoms with E-state index in [1.807, 2.05) is 6.92 Å². The number of hydrogen-bond donors (Lipinski definition) is 2. The van der Waals surface area contributed by atoms with Crippen LogP contribution >= 0.6 is 0 Å². The van der Waals surface area contributed by atoms with E-state index in [4.69, 9.17) is 0 Å². The third-order valence-corrected chi connectivity index (χ3v) is 5.58. The van der Waals surface area contributed by atoms with Crippen LogP contribution in [0.3, 0.4) is 0 Å². The number of pyridine rings is 1. The minimum atomic E-state index is -0.968. The first kappa shape index (κ1) is 19.1. The van der Waals surface area contributed by atoms with E-state index in [1.54, 1.807) is 4.90 Å². The molecule has 2 aromatic rings. The Morgan fingerprint density at radius 3 is 2.62 bits per heavy atom. The van der Waals surface area contributed by atoms with Crippen LogP contribution < -0.4 is 10.7 Å². The number of aromatic nitrogens is 1. The topological polar surface area (TPSA) is 91.6 Å². The van der Waals surface area contributed by atoms with Crippen LogP contribution in [0.15, 0.2) is 29.2 Å². The molecule has 0 unspecified atom stereocenters. The molecule has 1 saturated carbocycles. The number of amides is 2. The number of carbonyl (C=O) groups is 2. The van der Waals surface area contributed by atoms with Gasteiger partial charge in [-0.2, -0.15) is 0 Å². The van der Waals surface area contributed by atoms with Crippen LogP contribution in [0.4, 0.5) is 8.78 Å². The number of halogens is 2.